The number of nitrogen functional groups attached to an aromatic ring is 1. The normalized spacial score (nSPS) is 14.0. The van der Waals surface area contributed by atoms with Crippen LogP contribution >= 0.6 is 11.3 Å². The van der Waals surface area contributed by atoms with E-state index in [1.54, 1.807) is 0 Å². The van der Waals surface area contributed by atoms with Gasteiger partial charge in [-0.25, -0.2) is 4.98 Å². The van der Waals surface area contributed by atoms with Crippen LogP contribution in [0.5, 0.6) is 5.75 Å². The second-order valence-corrected chi connectivity index (χ2v) is 7.52. The average molecular weight is 407 g/mol. The van der Waals surface area contributed by atoms with Crippen molar-refractivity contribution >= 4 is 38.8 Å². The summed E-state index contributed by atoms with van der Waals surface area (Å²) in [6.07, 6.45) is -0.653. The van der Waals surface area contributed by atoms with Crippen molar-refractivity contribution in [3.63, 3.8) is 0 Å². The smallest absolute Gasteiger partial charge is 0.406 e. The Kier molecular flexibility index (Phi) is 4.62. The van der Waals surface area contributed by atoms with Gasteiger partial charge in [0.05, 0.1) is 5.69 Å². The van der Waals surface area contributed by atoms with Crippen molar-refractivity contribution in [2.45, 2.75) is 32.0 Å². The number of hydrogen-bond acceptors (Lipinski definition) is 5. The Labute approximate surface area is 162 Å². The molecule has 0 atom stereocenters. The Bertz CT molecular complexity index is 1050. The van der Waals surface area contributed by atoms with Crippen molar-refractivity contribution in [2.24, 2.45) is 0 Å². The van der Waals surface area contributed by atoms with Crippen LogP contribution in [-0.4, -0.2) is 17.3 Å². The lowest BCUT2D eigenvalue weighted by atomic mass is 9.95. The first kappa shape index (κ1) is 18.5. The number of ether oxygens (including phenoxy) is 1. The molecule has 0 spiro atoms. The molecule has 0 saturated heterocycles. The summed E-state index contributed by atoms with van der Waals surface area (Å²) in [6.45, 7) is 0. The van der Waals surface area contributed by atoms with Gasteiger partial charge < -0.3 is 15.8 Å². The van der Waals surface area contributed by atoms with E-state index in [9.17, 15) is 18.0 Å². The maximum absolute atomic E-state index is 12.6. The molecule has 0 saturated carbocycles. The Morgan fingerprint density at radius 2 is 1.89 bits per heavy atom. The molecule has 5 nitrogen and oxygen atoms in total. The molecule has 0 unspecified atom stereocenters. The van der Waals surface area contributed by atoms with Crippen molar-refractivity contribution in [3.05, 3.63) is 46.5 Å². The number of hydrogen-bond donors (Lipinski definition) is 2. The van der Waals surface area contributed by atoms with E-state index in [1.165, 1.54) is 29.0 Å². The number of pyridine rings is 1. The van der Waals surface area contributed by atoms with Gasteiger partial charge in [-0.05, 0) is 61.6 Å². The predicted octanol–water partition coefficient (Wildman–Crippen LogP) is 4.91. The summed E-state index contributed by atoms with van der Waals surface area (Å²) in [5, 5.41) is 3.41. The molecule has 1 aliphatic carbocycles. The Morgan fingerprint density at radius 1 is 1.18 bits per heavy atom. The summed E-state index contributed by atoms with van der Waals surface area (Å²) in [6, 6.07) is 6.95. The molecule has 1 aliphatic rings. The minimum atomic E-state index is -4.76. The van der Waals surface area contributed by atoms with E-state index in [2.05, 4.69) is 15.0 Å². The van der Waals surface area contributed by atoms with E-state index < -0.39 is 12.3 Å². The van der Waals surface area contributed by atoms with Crippen LogP contribution in [0.2, 0.25) is 0 Å². The molecule has 0 fully saturated rings. The number of halogens is 3. The molecule has 146 valence electrons. The SMILES string of the molecule is Nc1c(C(=O)Nc2ccc(OC(F)(F)F)cc2)sc2nc3c(cc12)CCCC3. The largest absolute Gasteiger partial charge is 0.573 e. The Hall–Kier alpha value is -2.81. The molecule has 9 heteroatoms. The average Bonchev–Trinajstić information content (AvgIpc) is 2.96. The number of aryl methyl sites for hydroxylation is 2. The molecule has 1 aromatic carbocycles. The van der Waals surface area contributed by atoms with Gasteiger partial charge in [0.25, 0.3) is 5.91 Å². The molecule has 0 radical (unpaired) electrons. The van der Waals surface area contributed by atoms with Crippen molar-refractivity contribution in [1.29, 1.82) is 0 Å². The van der Waals surface area contributed by atoms with E-state index >= 15 is 0 Å². The summed E-state index contributed by atoms with van der Waals surface area (Å²) < 4.78 is 40.5. The number of nitrogens with zero attached hydrogens (tertiary/aromatic N) is 1. The zero-order valence-corrected chi connectivity index (χ0v) is 15.4. The zero-order valence-electron chi connectivity index (χ0n) is 14.6. The van der Waals surface area contributed by atoms with Gasteiger partial charge in [-0.1, -0.05) is 0 Å². The molecule has 0 bridgehead atoms. The van der Waals surface area contributed by atoms with Gasteiger partial charge in [0.2, 0.25) is 0 Å². The maximum Gasteiger partial charge on any atom is 0.573 e. The molecule has 4 rings (SSSR count). The molecule has 3 aromatic rings. The third kappa shape index (κ3) is 3.75. The lowest BCUT2D eigenvalue weighted by molar-refractivity contribution is -0.274. The molecule has 2 aromatic heterocycles. The first-order chi connectivity index (χ1) is 13.3. The van der Waals surface area contributed by atoms with Crippen LogP contribution in [0, 0.1) is 0 Å². The lowest BCUT2D eigenvalue weighted by Crippen LogP contribution is -2.17. The van der Waals surface area contributed by atoms with E-state index in [-0.39, 0.29) is 5.75 Å². The van der Waals surface area contributed by atoms with E-state index in [1.807, 2.05) is 6.07 Å². The van der Waals surface area contributed by atoms with Gasteiger partial charge in [-0.3, -0.25) is 4.79 Å². The highest BCUT2D eigenvalue weighted by atomic mass is 32.1. The third-order valence-corrected chi connectivity index (χ3v) is 5.67. The number of aromatic nitrogens is 1. The fourth-order valence-electron chi connectivity index (χ4n) is 3.26. The van der Waals surface area contributed by atoms with Gasteiger partial charge in [-0.2, -0.15) is 0 Å². The fourth-order valence-corrected chi connectivity index (χ4v) is 4.25. The highest BCUT2D eigenvalue weighted by Gasteiger charge is 2.31. The van der Waals surface area contributed by atoms with Gasteiger partial charge >= 0.3 is 6.36 Å². The quantitative estimate of drug-likeness (QED) is 0.647. The highest BCUT2D eigenvalue weighted by Crippen LogP contribution is 2.36. The summed E-state index contributed by atoms with van der Waals surface area (Å²) in [5.41, 5.74) is 9.13. The highest BCUT2D eigenvalue weighted by molar-refractivity contribution is 7.21. The van der Waals surface area contributed by atoms with Crippen LogP contribution in [0.4, 0.5) is 24.5 Å². The zero-order chi connectivity index (χ0) is 19.9. The number of nitrogens with one attached hydrogen (secondary N) is 1. The number of alkyl halides is 3. The van der Waals surface area contributed by atoms with Crippen LogP contribution in [0.15, 0.2) is 30.3 Å². The first-order valence-electron chi connectivity index (χ1n) is 8.68. The van der Waals surface area contributed by atoms with Crippen LogP contribution in [-0.2, 0) is 12.8 Å². The molecule has 28 heavy (non-hydrogen) atoms. The molecular formula is C19H16F3N3O2S. The number of carbonyl (C=O) groups excluding carboxylic acids is 1. The van der Waals surface area contributed by atoms with Crippen molar-refractivity contribution in [3.8, 4) is 5.75 Å². The monoisotopic (exact) mass is 407 g/mol. The van der Waals surface area contributed by atoms with Gasteiger partial charge in [0.15, 0.2) is 0 Å². The lowest BCUT2D eigenvalue weighted by Gasteiger charge is -2.14. The third-order valence-electron chi connectivity index (χ3n) is 4.55. The van der Waals surface area contributed by atoms with Gasteiger partial charge in [0.1, 0.15) is 15.5 Å². The molecule has 2 heterocycles. The molecule has 0 aliphatic heterocycles. The van der Waals surface area contributed by atoms with Crippen LogP contribution in [0.25, 0.3) is 10.2 Å². The van der Waals surface area contributed by atoms with Crippen molar-refractivity contribution in [2.75, 3.05) is 11.1 Å². The number of nitrogens with two attached hydrogens (primary N) is 1. The number of fused-ring (bicyclic) bond motifs is 2. The Balaban J connectivity index is 1.56. The fraction of sp³-hybridized carbons (Fsp3) is 0.263. The topological polar surface area (TPSA) is 77.2 Å². The number of rotatable bonds is 3. The van der Waals surface area contributed by atoms with Crippen molar-refractivity contribution in [1.82, 2.24) is 4.98 Å². The summed E-state index contributed by atoms with van der Waals surface area (Å²) in [7, 11) is 0. The Morgan fingerprint density at radius 3 is 2.61 bits per heavy atom. The standard InChI is InChI=1S/C19H16F3N3O2S/c20-19(21,22)27-12-7-5-11(6-8-12)24-17(26)16-15(23)13-9-10-3-1-2-4-14(10)25-18(13)28-16/h5-9H,1-4,23H2,(H,24,26). The van der Waals surface area contributed by atoms with Crippen LogP contribution in [0.1, 0.15) is 33.8 Å². The molecule has 1 amide bonds. The minimum absolute atomic E-state index is 0.334. The molecule has 3 N–H and O–H groups in total. The number of carbonyl (C=O) groups is 1. The second kappa shape index (κ2) is 6.97. The van der Waals surface area contributed by atoms with Crippen LogP contribution in [0.3, 0.4) is 0 Å². The predicted molar refractivity (Wildman–Crippen MR) is 102 cm³/mol. The summed E-state index contributed by atoms with van der Waals surface area (Å²) in [5.74, 6) is -0.787. The van der Waals surface area contributed by atoms with E-state index in [0.29, 0.717) is 16.3 Å². The van der Waals surface area contributed by atoms with Gasteiger partial charge in [0, 0.05) is 16.8 Å². The number of amides is 1. The number of thiophene rings is 1. The van der Waals surface area contributed by atoms with Gasteiger partial charge in [-0.15, -0.1) is 24.5 Å². The van der Waals surface area contributed by atoms with E-state index in [0.717, 1.165) is 53.7 Å². The maximum atomic E-state index is 12.6. The molecular weight excluding hydrogens is 391 g/mol. The minimum Gasteiger partial charge on any atom is -0.406 e. The van der Waals surface area contributed by atoms with Crippen molar-refractivity contribution < 1.29 is 22.7 Å². The first-order valence-corrected chi connectivity index (χ1v) is 9.50. The number of benzene rings is 1. The van der Waals surface area contributed by atoms with Crippen LogP contribution < -0.4 is 15.8 Å². The number of anilines is 2. The second-order valence-electron chi connectivity index (χ2n) is 6.53. The van der Waals surface area contributed by atoms with E-state index in [4.69, 9.17) is 5.73 Å². The summed E-state index contributed by atoms with van der Waals surface area (Å²) in [4.78, 5) is 18.3. The summed E-state index contributed by atoms with van der Waals surface area (Å²) >= 11 is 1.21.